The molecule has 0 amide bonds. The zero-order valence-corrected chi connectivity index (χ0v) is 10.8. The van der Waals surface area contributed by atoms with Gasteiger partial charge in [-0.3, -0.25) is 0 Å². The molecule has 1 aromatic heterocycles. The van der Waals surface area contributed by atoms with Crippen LogP contribution < -0.4 is 15.5 Å². The first-order valence-corrected chi connectivity index (χ1v) is 6.11. The van der Waals surface area contributed by atoms with Gasteiger partial charge in [-0.15, -0.1) is 0 Å². The summed E-state index contributed by atoms with van der Waals surface area (Å²) in [6.07, 6.45) is 1.82. The van der Waals surface area contributed by atoms with Crippen LogP contribution in [-0.2, 0) is 0 Å². The first kappa shape index (κ1) is 12.1. The largest absolute Gasteiger partial charge is 0.365 e. The van der Waals surface area contributed by atoms with Gasteiger partial charge in [0.05, 0.1) is 0 Å². The van der Waals surface area contributed by atoms with E-state index in [0.29, 0.717) is 0 Å². The Morgan fingerprint density at radius 3 is 2.65 bits per heavy atom. The third-order valence-corrected chi connectivity index (χ3v) is 2.55. The zero-order chi connectivity index (χ0) is 12.3. The summed E-state index contributed by atoms with van der Waals surface area (Å²) >= 11 is 0. The third kappa shape index (κ3) is 3.56. The summed E-state index contributed by atoms with van der Waals surface area (Å²) in [6.45, 7) is 10.3. The molecule has 94 valence electrons. The molecule has 0 atom stereocenters. The summed E-state index contributed by atoms with van der Waals surface area (Å²) in [5.74, 6) is 1.71. The van der Waals surface area contributed by atoms with Crippen LogP contribution in [0.2, 0.25) is 0 Å². The van der Waals surface area contributed by atoms with Gasteiger partial charge in [0.15, 0.2) is 0 Å². The molecule has 2 heterocycles. The molecular formula is C12H21N5. The van der Waals surface area contributed by atoms with Gasteiger partial charge in [0.25, 0.3) is 0 Å². The maximum atomic E-state index is 4.56. The molecule has 0 unspecified atom stereocenters. The van der Waals surface area contributed by atoms with Gasteiger partial charge in [0.2, 0.25) is 5.95 Å². The number of rotatable bonds is 2. The molecule has 0 radical (unpaired) electrons. The first-order valence-electron chi connectivity index (χ1n) is 6.11. The second kappa shape index (κ2) is 4.87. The van der Waals surface area contributed by atoms with E-state index < -0.39 is 0 Å². The van der Waals surface area contributed by atoms with Gasteiger partial charge < -0.3 is 15.5 Å². The fraction of sp³-hybridized carbons (Fsp3) is 0.667. The Morgan fingerprint density at radius 1 is 1.29 bits per heavy atom. The van der Waals surface area contributed by atoms with Crippen molar-refractivity contribution in [3.63, 3.8) is 0 Å². The molecule has 0 bridgehead atoms. The Labute approximate surface area is 103 Å². The monoisotopic (exact) mass is 235 g/mol. The fourth-order valence-corrected chi connectivity index (χ4v) is 1.82. The Morgan fingerprint density at radius 2 is 2.00 bits per heavy atom. The van der Waals surface area contributed by atoms with Gasteiger partial charge in [-0.05, 0) is 26.8 Å². The highest BCUT2D eigenvalue weighted by Gasteiger charge is 2.15. The minimum atomic E-state index is 0.0229. The van der Waals surface area contributed by atoms with Crippen molar-refractivity contribution in [2.75, 3.05) is 36.4 Å². The lowest BCUT2D eigenvalue weighted by atomic mass is 10.1. The molecule has 17 heavy (non-hydrogen) atoms. The average Bonchev–Trinajstić information content (AvgIpc) is 2.28. The second-order valence-electron chi connectivity index (χ2n) is 5.35. The molecule has 0 spiro atoms. The van der Waals surface area contributed by atoms with Gasteiger partial charge in [-0.1, -0.05) is 0 Å². The van der Waals surface area contributed by atoms with E-state index in [1.54, 1.807) is 0 Å². The third-order valence-electron chi connectivity index (χ3n) is 2.55. The van der Waals surface area contributed by atoms with E-state index >= 15 is 0 Å². The highest BCUT2D eigenvalue weighted by atomic mass is 15.3. The number of hydrogen-bond acceptors (Lipinski definition) is 5. The van der Waals surface area contributed by atoms with Crippen LogP contribution in [0.4, 0.5) is 11.8 Å². The number of nitrogens with zero attached hydrogens (tertiary/aromatic N) is 3. The SMILES string of the molecule is CC(C)(C)Nc1ccnc(N2CCNCC2)n1. The second-order valence-corrected chi connectivity index (χ2v) is 5.35. The first-order chi connectivity index (χ1) is 8.04. The Kier molecular flexibility index (Phi) is 3.47. The summed E-state index contributed by atoms with van der Waals surface area (Å²) in [4.78, 5) is 11.1. The van der Waals surface area contributed by atoms with E-state index in [0.717, 1.165) is 37.9 Å². The van der Waals surface area contributed by atoms with Gasteiger partial charge in [0, 0.05) is 37.9 Å². The molecule has 5 heteroatoms. The minimum Gasteiger partial charge on any atom is -0.365 e. The van der Waals surface area contributed by atoms with Crippen LogP contribution in [0.1, 0.15) is 20.8 Å². The maximum Gasteiger partial charge on any atom is 0.227 e. The molecule has 0 aromatic carbocycles. The van der Waals surface area contributed by atoms with E-state index in [2.05, 4.69) is 46.3 Å². The summed E-state index contributed by atoms with van der Waals surface area (Å²) in [5, 5.41) is 6.69. The molecule has 2 rings (SSSR count). The molecular weight excluding hydrogens is 214 g/mol. The van der Waals surface area contributed by atoms with Crippen molar-refractivity contribution >= 4 is 11.8 Å². The van der Waals surface area contributed by atoms with Crippen LogP contribution in [-0.4, -0.2) is 41.7 Å². The zero-order valence-electron chi connectivity index (χ0n) is 10.8. The summed E-state index contributed by atoms with van der Waals surface area (Å²) in [6, 6.07) is 1.91. The maximum absolute atomic E-state index is 4.56. The van der Waals surface area contributed by atoms with E-state index in [4.69, 9.17) is 0 Å². The van der Waals surface area contributed by atoms with Crippen molar-refractivity contribution in [1.29, 1.82) is 0 Å². The van der Waals surface area contributed by atoms with Crippen LogP contribution in [0, 0.1) is 0 Å². The number of aromatic nitrogens is 2. The molecule has 1 saturated heterocycles. The number of piperazine rings is 1. The number of hydrogen-bond donors (Lipinski definition) is 2. The molecule has 1 aliphatic heterocycles. The standard InChI is InChI=1S/C12H21N5/c1-12(2,3)16-10-4-5-14-11(15-10)17-8-6-13-7-9-17/h4-5,13H,6-9H2,1-3H3,(H,14,15,16). The van der Waals surface area contributed by atoms with Crippen molar-refractivity contribution in [1.82, 2.24) is 15.3 Å². The Bertz CT molecular complexity index is 365. The van der Waals surface area contributed by atoms with Crippen LogP contribution in [0.3, 0.4) is 0 Å². The van der Waals surface area contributed by atoms with E-state index in [-0.39, 0.29) is 5.54 Å². The van der Waals surface area contributed by atoms with Crippen molar-refractivity contribution in [3.05, 3.63) is 12.3 Å². The minimum absolute atomic E-state index is 0.0229. The Balaban J connectivity index is 2.10. The summed E-state index contributed by atoms with van der Waals surface area (Å²) < 4.78 is 0. The molecule has 2 N–H and O–H groups in total. The topological polar surface area (TPSA) is 53.1 Å². The van der Waals surface area contributed by atoms with Crippen molar-refractivity contribution in [3.8, 4) is 0 Å². The fourth-order valence-electron chi connectivity index (χ4n) is 1.82. The normalized spacial score (nSPS) is 17.0. The molecule has 0 aliphatic carbocycles. The van der Waals surface area contributed by atoms with Crippen molar-refractivity contribution < 1.29 is 0 Å². The van der Waals surface area contributed by atoms with Gasteiger partial charge in [-0.2, -0.15) is 4.98 Å². The van der Waals surface area contributed by atoms with E-state index in [1.807, 2.05) is 12.3 Å². The van der Waals surface area contributed by atoms with E-state index in [1.165, 1.54) is 0 Å². The predicted octanol–water partition coefficient (Wildman–Crippen LogP) is 1.10. The lowest BCUT2D eigenvalue weighted by molar-refractivity contribution is 0.579. The average molecular weight is 235 g/mol. The summed E-state index contributed by atoms with van der Waals surface area (Å²) in [7, 11) is 0. The highest BCUT2D eigenvalue weighted by Crippen LogP contribution is 2.15. The van der Waals surface area contributed by atoms with Gasteiger partial charge in [0.1, 0.15) is 5.82 Å². The van der Waals surface area contributed by atoms with Crippen LogP contribution in [0.15, 0.2) is 12.3 Å². The molecule has 1 fully saturated rings. The smallest absolute Gasteiger partial charge is 0.227 e. The summed E-state index contributed by atoms with van der Waals surface area (Å²) in [5.41, 5.74) is 0.0229. The lowest BCUT2D eigenvalue weighted by Gasteiger charge is -2.28. The van der Waals surface area contributed by atoms with E-state index in [9.17, 15) is 0 Å². The van der Waals surface area contributed by atoms with Gasteiger partial charge >= 0.3 is 0 Å². The quantitative estimate of drug-likeness (QED) is 0.804. The molecule has 0 saturated carbocycles. The van der Waals surface area contributed by atoms with Crippen LogP contribution in [0.25, 0.3) is 0 Å². The van der Waals surface area contributed by atoms with Crippen LogP contribution in [0.5, 0.6) is 0 Å². The predicted molar refractivity (Wildman–Crippen MR) is 70.5 cm³/mol. The van der Waals surface area contributed by atoms with Crippen molar-refractivity contribution in [2.45, 2.75) is 26.3 Å². The van der Waals surface area contributed by atoms with Gasteiger partial charge in [-0.25, -0.2) is 4.98 Å². The van der Waals surface area contributed by atoms with Crippen LogP contribution >= 0.6 is 0 Å². The Hall–Kier alpha value is -1.36. The molecule has 1 aliphatic rings. The van der Waals surface area contributed by atoms with Crippen molar-refractivity contribution in [2.24, 2.45) is 0 Å². The highest BCUT2D eigenvalue weighted by molar-refractivity contribution is 5.43. The molecule has 5 nitrogen and oxygen atoms in total. The molecule has 1 aromatic rings. The number of nitrogens with one attached hydrogen (secondary N) is 2. The lowest BCUT2D eigenvalue weighted by Crippen LogP contribution is -2.44. The number of anilines is 2.